The molecule has 44 valence electrons. The van der Waals surface area contributed by atoms with Crippen LogP contribution in [0.1, 0.15) is 6.92 Å². The summed E-state index contributed by atoms with van der Waals surface area (Å²) in [5.74, 6) is 0. The van der Waals surface area contributed by atoms with Crippen molar-refractivity contribution in [2.24, 2.45) is 0 Å². The van der Waals surface area contributed by atoms with Crippen molar-refractivity contribution in [2.75, 3.05) is 5.50 Å². The SMILES string of the molecule is CC[Si](C)(C)CCl. The van der Waals surface area contributed by atoms with Crippen LogP contribution in [-0.4, -0.2) is 13.6 Å². The topological polar surface area (TPSA) is 0 Å². The van der Waals surface area contributed by atoms with Crippen molar-refractivity contribution in [3.8, 4) is 0 Å². The zero-order valence-corrected chi connectivity index (χ0v) is 7.05. The van der Waals surface area contributed by atoms with Crippen LogP contribution in [0, 0.1) is 0 Å². The van der Waals surface area contributed by atoms with Crippen LogP contribution < -0.4 is 0 Å². The Morgan fingerprint density at radius 1 is 1.43 bits per heavy atom. The van der Waals surface area contributed by atoms with Crippen LogP contribution >= 0.6 is 11.6 Å². The molecule has 0 fully saturated rings. The fraction of sp³-hybridized carbons (Fsp3) is 1.00. The lowest BCUT2D eigenvalue weighted by atomic mass is 11.0. The molecule has 0 N–H and O–H groups in total. The molecule has 0 aromatic heterocycles. The summed E-state index contributed by atoms with van der Waals surface area (Å²) in [5.41, 5.74) is 0.906. The van der Waals surface area contributed by atoms with E-state index in [2.05, 4.69) is 20.0 Å². The molecular weight excluding hydrogens is 124 g/mol. The van der Waals surface area contributed by atoms with Gasteiger partial charge in [-0.1, -0.05) is 26.1 Å². The molecule has 0 aliphatic carbocycles. The Morgan fingerprint density at radius 2 is 1.86 bits per heavy atom. The summed E-state index contributed by atoms with van der Waals surface area (Å²) in [6.45, 7) is 6.83. The summed E-state index contributed by atoms with van der Waals surface area (Å²) < 4.78 is 0. The Bertz CT molecular complexity index is 46.0. The second-order valence-electron chi connectivity index (χ2n) is 2.65. The van der Waals surface area contributed by atoms with Crippen LogP contribution in [0.4, 0.5) is 0 Å². The first kappa shape index (κ1) is 7.51. The number of hydrogen-bond acceptors (Lipinski definition) is 0. The van der Waals surface area contributed by atoms with E-state index in [1.807, 2.05) is 0 Å². The molecular formula is C5H13ClSi. The molecule has 0 aromatic rings. The van der Waals surface area contributed by atoms with Gasteiger partial charge in [-0.25, -0.2) is 0 Å². The van der Waals surface area contributed by atoms with Gasteiger partial charge < -0.3 is 0 Å². The highest BCUT2D eigenvalue weighted by Gasteiger charge is 2.14. The smallest absolute Gasteiger partial charge is 0.0637 e. The third-order valence-electron chi connectivity index (χ3n) is 1.32. The van der Waals surface area contributed by atoms with Gasteiger partial charge in [0.15, 0.2) is 0 Å². The third-order valence-corrected chi connectivity index (χ3v) is 6.13. The van der Waals surface area contributed by atoms with Crippen molar-refractivity contribution in [3.63, 3.8) is 0 Å². The van der Waals surface area contributed by atoms with Crippen LogP contribution in [0.3, 0.4) is 0 Å². The van der Waals surface area contributed by atoms with E-state index in [0.717, 1.165) is 5.50 Å². The van der Waals surface area contributed by atoms with Gasteiger partial charge in [-0.2, -0.15) is 0 Å². The summed E-state index contributed by atoms with van der Waals surface area (Å²) in [6, 6.07) is 1.30. The quantitative estimate of drug-likeness (QED) is 0.404. The van der Waals surface area contributed by atoms with Crippen molar-refractivity contribution in [2.45, 2.75) is 26.1 Å². The molecule has 0 aromatic carbocycles. The fourth-order valence-electron chi connectivity index (χ4n) is 0.0945. The van der Waals surface area contributed by atoms with E-state index in [1.165, 1.54) is 6.04 Å². The normalized spacial score (nSPS) is 12.0. The minimum absolute atomic E-state index is 0.886. The highest BCUT2D eigenvalue weighted by molar-refractivity contribution is 6.83. The van der Waals surface area contributed by atoms with Crippen LogP contribution in [0.25, 0.3) is 0 Å². The summed E-state index contributed by atoms with van der Waals surface area (Å²) in [7, 11) is -0.886. The number of alkyl halides is 1. The van der Waals surface area contributed by atoms with E-state index in [1.54, 1.807) is 0 Å². The standard InChI is InChI=1S/C5H13ClSi/c1-4-7(2,3)5-6/h4-5H2,1-3H3. The average molecular weight is 137 g/mol. The molecule has 0 saturated carbocycles. The molecule has 0 rings (SSSR count). The lowest BCUT2D eigenvalue weighted by molar-refractivity contribution is 1.35. The first-order chi connectivity index (χ1) is 3.12. The molecule has 0 heterocycles. The van der Waals surface area contributed by atoms with Gasteiger partial charge in [0.05, 0.1) is 8.07 Å². The molecule has 2 heteroatoms. The van der Waals surface area contributed by atoms with E-state index in [4.69, 9.17) is 11.6 Å². The third kappa shape index (κ3) is 3.12. The summed E-state index contributed by atoms with van der Waals surface area (Å²) in [5, 5.41) is 0. The number of rotatable bonds is 2. The van der Waals surface area contributed by atoms with Crippen molar-refractivity contribution in [1.82, 2.24) is 0 Å². The summed E-state index contributed by atoms with van der Waals surface area (Å²) in [6.07, 6.45) is 0. The van der Waals surface area contributed by atoms with Gasteiger partial charge in [0.25, 0.3) is 0 Å². The van der Waals surface area contributed by atoms with Gasteiger partial charge in [0.1, 0.15) is 0 Å². The van der Waals surface area contributed by atoms with Crippen molar-refractivity contribution < 1.29 is 0 Å². The van der Waals surface area contributed by atoms with Gasteiger partial charge in [-0.05, 0) is 0 Å². The zero-order chi connectivity index (χ0) is 5.91. The minimum atomic E-state index is -0.886. The van der Waals surface area contributed by atoms with E-state index in [9.17, 15) is 0 Å². The fourth-order valence-corrected chi connectivity index (χ4v) is 0.850. The molecule has 7 heavy (non-hydrogen) atoms. The lowest BCUT2D eigenvalue weighted by Gasteiger charge is -2.13. The van der Waals surface area contributed by atoms with Crippen molar-refractivity contribution in [1.29, 1.82) is 0 Å². The second-order valence-corrected chi connectivity index (χ2v) is 8.76. The van der Waals surface area contributed by atoms with Crippen LogP contribution in [-0.2, 0) is 0 Å². The minimum Gasteiger partial charge on any atom is -0.130 e. The molecule has 0 bridgehead atoms. The molecule has 0 saturated heterocycles. The first-order valence-electron chi connectivity index (χ1n) is 2.68. The van der Waals surface area contributed by atoms with Gasteiger partial charge in [-0.3, -0.25) is 0 Å². The Hall–Kier alpha value is 0.507. The van der Waals surface area contributed by atoms with Gasteiger partial charge in [0, 0.05) is 5.50 Å². The van der Waals surface area contributed by atoms with Crippen molar-refractivity contribution >= 4 is 19.7 Å². The second kappa shape index (κ2) is 2.73. The van der Waals surface area contributed by atoms with Crippen molar-refractivity contribution in [3.05, 3.63) is 0 Å². The zero-order valence-electron chi connectivity index (χ0n) is 5.29. The molecule has 0 aliphatic rings. The molecule has 0 unspecified atom stereocenters. The first-order valence-corrected chi connectivity index (χ1v) is 6.63. The molecule has 0 atom stereocenters. The highest BCUT2D eigenvalue weighted by Crippen LogP contribution is 2.08. The van der Waals surface area contributed by atoms with E-state index < -0.39 is 8.07 Å². The lowest BCUT2D eigenvalue weighted by Crippen LogP contribution is -2.26. The Labute approximate surface area is 51.9 Å². The maximum Gasteiger partial charge on any atom is 0.0637 e. The molecule has 0 aliphatic heterocycles. The van der Waals surface area contributed by atoms with Crippen LogP contribution in [0.2, 0.25) is 19.1 Å². The molecule has 0 radical (unpaired) electrons. The number of halogens is 1. The van der Waals surface area contributed by atoms with Gasteiger partial charge >= 0.3 is 0 Å². The highest BCUT2D eigenvalue weighted by atomic mass is 35.5. The molecule has 0 nitrogen and oxygen atoms in total. The molecule has 0 spiro atoms. The van der Waals surface area contributed by atoms with Crippen LogP contribution in [0.5, 0.6) is 0 Å². The number of hydrogen-bond donors (Lipinski definition) is 0. The van der Waals surface area contributed by atoms with Gasteiger partial charge in [-0.15, -0.1) is 11.6 Å². The van der Waals surface area contributed by atoms with E-state index in [0.29, 0.717) is 0 Å². The maximum atomic E-state index is 5.66. The predicted octanol–water partition coefficient (Wildman–Crippen LogP) is 2.49. The predicted molar refractivity (Wildman–Crippen MR) is 38.7 cm³/mol. The maximum absolute atomic E-state index is 5.66. The van der Waals surface area contributed by atoms with Crippen LogP contribution in [0.15, 0.2) is 0 Å². The largest absolute Gasteiger partial charge is 0.130 e. The van der Waals surface area contributed by atoms with E-state index in [-0.39, 0.29) is 0 Å². The Morgan fingerprint density at radius 3 is 1.86 bits per heavy atom. The summed E-state index contributed by atoms with van der Waals surface area (Å²) >= 11 is 5.66. The Balaban J connectivity index is 3.36. The van der Waals surface area contributed by atoms with Gasteiger partial charge in [0.2, 0.25) is 0 Å². The molecule has 0 amide bonds. The monoisotopic (exact) mass is 136 g/mol. The van der Waals surface area contributed by atoms with E-state index >= 15 is 0 Å². The Kier molecular flexibility index (Phi) is 2.92. The summed E-state index contributed by atoms with van der Waals surface area (Å²) in [4.78, 5) is 0. The average Bonchev–Trinajstić information content (AvgIpc) is 1.68.